The largest absolute Gasteiger partial charge is 0.488 e. The molecule has 1 fully saturated rings. The minimum absolute atomic E-state index is 0.229. The van der Waals surface area contributed by atoms with Crippen LogP contribution < -0.4 is 25.4 Å². The van der Waals surface area contributed by atoms with E-state index in [0.29, 0.717) is 29.5 Å². The van der Waals surface area contributed by atoms with Gasteiger partial charge in [-0.15, -0.1) is 0 Å². The number of amides is 1. The Morgan fingerprint density at radius 3 is 2.82 bits per heavy atom. The van der Waals surface area contributed by atoms with Gasteiger partial charge >= 0.3 is 0 Å². The summed E-state index contributed by atoms with van der Waals surface area (Å²) in [5, 5.41) is 4.17. The van der Waals surface area contributed by atoms with Crippen molar-refractivity contribution in [1.29, 1.82) is 0 Å². The third kappa shape index (κ3) is 6.36. The zero-order chi connectivity index (χ0) is 24.1. The molecular formula is C27H36ClN3O3. The topological polar surface area (TPSA) is 76.8 Å². The lowest BCUT2D eigenvalue weighted by Crippen LogP contribution is -2.32. The Bertz CT molecular complexity index is 1010. The molecule has 7 heteroatoms. The average molecular weight is 486 g/mol. The fraction of sp³-hybridized carbons (Fsp3) is 0.519. The highest BCUT2D eigenvalue weighted by atomic mass is 35.5. The first-order valence-corrected chi connectivity index (χ1v) is 12.8. The van der Waals surface area contributed by atoms with Crippen molar-refractivity contribution in [3.63, 3.8) is 0 Å². The van der Waals surface area contributed by atoms with E-state index in [1.165, 1.54) is 5.56 Å². The second-order valence-electron chi connectivity index (χ2n) is 9.42. The van der Waals surface area contributed by atoms with Gasteiger partial charge in [-0.3, -0.25) is 4.79 Å². The normalized spacial score (nSPS) is 15.8. The summed E-state index contributed by atoms with van der Waals surface area (Å²) in [5.74, 6) is 1.10. The number of fused-ring (bicyclic) bond motifs is 1. The van der Waals surface area contributed by atoms with Crippen LogP contribution in [0.25, 0.3) is 0 Å². The number of carbonyl (C=O) groups is 1. The molecule has 1 saturated carbocycles. The number of carbonyl (C=O) groups excluding carboxylic acids is 1. The van der Waals surface area contributed by atoms with Crippen LogP contribution in [0, 0.1) is 0 Å². The van der Waals surface area contributed by atoms with Crippen molar-refractivity contribution in [3.8, 4) is 11.5 Å². The third-order valence-electron chi connectivity index (χ3n) is 6.38. The molecule has 1 heterocycles. The predicted octanol–water partition coefficient (Wildman–Crippen LogP) is 4.74. The lowest BCUT2D eigenvalue weighted by Gasteiger charge is -2.22. The Morgan fingerprint density at radius 2 is 2.09 bits per heavy atom. The van der Waals surface area contributed by atoms with E-state index in [1.54, 1.807) is 0 Å². The van der Waals surface area contributed by atoms with E-state index < -0.39 is 0 Å². The van der Waals surface area contributed by atoms with Crippen molar-refractivity contribution in [2.45, 2.75) is 64.5 Å². The summed E-state index contributed by atoms with van der Waals surface area (Å²) in [6.07, 6.45) is 6.50. The van der Waals surface area contributed by atoms with Gasteiger partial charge < -0.3 is 25.4 Å². The van der Waals surface area contributed by atoms with E-state index in [9.17, 15) is 4.79 Å². The number of ether oxygens (including phenoxy) is 2. The first-order chi connectivity index (χ1) is 16.4. The van der Waals surface area contributed by atoms with E-state index >= 15 is 0 Å². The molecule has 2 aromatic carbocycles. The Kier molecular flexibility index (Phi) is 8.22. The summed E-state index contributed by atoms with van der Waals surface area (Å²) >= 11 is 6.12. The molecule has 184 valence electrons. The number of benzene rings is 2. The van der Waals surface area contributed by atoms with E-state index in [0.717, 1.165) is 68.6 Å². The summed E-state index contributed by atoms with van der Waals surface area (Å²) in [6, 6.07) is 9.96. The van der Waals surface area contributed by atoms with Gasteiger partial charge in [0.05, 0.1) is 17.4 Å². The highest BCUT2D eigenvalue weighted by Gasteiger charge is 2.26. The molecule has 1 aliphatic carbocycles. The monoisotopic (exact) mass is 485 g/mol. The molecule has 0 bridgehead atoms. The van der Waals surface area contributed by atoms with Crippen LogP contribution in [0.15, 0.2) is 30.3 Å². The molecule has 6 nitrogen and oxygen atoms in total. The van der Waals surface area contributed by atoms with Crippen molar-refractivity contribution in [2.75, 3.05) is 31.1 Å². The van der Waals surface area contributed by atoms with Gasteiger partial charge in [0, 0.05) is 36.8 Å². The van der Waals surface area contributed by atoms with E-state index in [-0.39, 0.29) is 18.1 Å². The molecule has 0 radical (unpaired) electrons. The number of rotatable bonds is 13. The van der Waals surface area contributed by atoms with Gasteiger partial charge in [-0.25, -0.2) is 0 Å². The van der Waals surface area contributed by atoms with Gasteiger partial charge in [0.1, 0.15) is 6.61 Å². The Labute approximate surface area is 207 Å². The van der Waals surface area contributed by atoms with Crippen molar-refractivity contribution in [3.05, 3.63) is 52.0 Å². The second kappa shape index (κ2) is 11.3. The predicted molar refractivity (Wildman–Crippen MR) is 138 cm³/mol. The average Bonchev–Trinajstić information content (AvgIpc) is 3.53. The minimum Gasteiger partial charge on any atom is -0.488 e. The van der Waals surface area contributed by atoms with Gasteiger partial charge in [-0.05, 0) is 68.4 Å². The molecule has 0 aromatic heterocycles. The first kappa shape index (κ1) is 24.7. The lowest BCUT2D eigenvalue weighted by molar-refractivity contribution is 0.100. The molecular weight excluding hydrogens is 450 g/mol. The minimum atomic E-state index is -0.345. The van der Waals surface area contributed by atoms with E-state index in [2.05, 4.69) is 30.1 Å². The summed E-state index contributed by atoms with van der Waals surface area (Å²) < 4.78 is 11.9. The number of nitrogens with two attached hydrogens (primary N) is 1. The SMILES string of the molecule is CCCCN1CCc2cc(C[C@@H](C)NCCOc3ccc(Cl)cc3OC3CC3)cc(C(N)=O)c21. The molecule has 3 N–H and O–H groups in total. The van der Waals surface area contributed by atoms with Crippen LogP contribution in [0.3, 0.4) is 0 Å². The zero-order valence-corrected chi connectivity index (χ0v) is 21.0. The smallest absolute Gasteiger partial charge is 0.250 e. The summed E-state index contributed by atoms with van der Waals surface area (Å²) in [4.78, 5) is 14.5. The molecule has 0 spiro atoms. The van der Waals surface area contributed by atoms with Crippen molar-refractivity contribution in [2.24, 2.45) is 5.73 Å². The van der Waals surface area contributed by atoms with Crippen LogP contribution in [0.2, 0.25) is 5.02 Å². The maximum Gasteiger partial charge on any atom is 0.250 e. The second-order valence-corrected chi connectivity index (χ2v) is 9.86. The number of hydrogen-bond acceptors (Lipinski definition) is 5. The van der Waals surface area contributed by atoms with E-state index in [4.69, 9.17) is 26.8 Å². The van der Waals surface area contributed by atoms with Crippen LogP contribution >= 0.6 is 11.6 Å². The molecule has 1 amide bonds. The summed E-state index contributed by atoms with van der Waals surface area (Å²) in [7, 11) is 0. The Hall–Kier alpha value is -2.44. The fourth-order valence-corrected chi connectivity index (χ4v) is 4.68. The van der Waals surface area contributed by atoms with Crippen molar-refractivity contribution < 1.29 is 14.3 Å². The zero-order valence-electron chi connectivity index (χ0n) is 20.2. The number of nitrogens with zero attached hydrogens (tertiary/aromatic N) is 1. The molecule has 34 heavy (non-hydrogen) atoms. The Morgan fingerprint density at radius 1 is 1.26 bits per heavy atom. The maximum absolute atomic E-state index is 12.2. The molecule has 0 saturated heterocycles. The van der Waals surface area contributed by atoms with Crippen LogP contribution in [0.1, 0.15) is 61.0 Å². The number of hydrogen-bond donors (Lipinski definition) is 2. The number of halogens is 1. The number of anilines is 1. The fourth-order valence-electron chi connectivity index (χ4n) is 4.52. The van der Waals surface area contributed by atoms with Crippen LogP contribution in [0.4, 0.5) is 5.69 Å². The van der Waals surface area contributed by atoms with Gasteiger partial charge in [0.2, 0.25) is 0 Å². The van der Waals surface area contributed by atoms with Crippen molar-refractivity contribution in [1.82, 2.24) is 5.32 Å². The van der Waals surface area contributed by atoms with Crippen molar-refractivity contribution >= 4 is 23.2 Å². The Balaban J connectivity index is 1.31. The number of unbranched alkanes of at least 4 members (excludes halogenated alkanes) is 1. The molecule has 0 unspecified atom stereocenters. The third-order valence-corrected chi connectivity index (χ3v) is 6.62. The van der Waals surface area contributed by atoms with E-state index in [1.807, 2.05) is 24.3 Å². The van der Waals surface area contributed by atoms with Crippen LogP contribution in [-0.2, 0) is 12.8 Å². The molecule has 4 rings (SSSR count). The number of nitrogens with one attached hydrogen (secondary N) is 1. The first-order valence-electron chi connectivity index (χ1n) is 12.5. The van der Waals surface area contributed by atoms with Gasteiger partial charge in [-0.1, -0.05) is 31.0 Å². The maximum atomic E-state index is 12.2. The molecule has 2 aromatic rings. The highest BCUT2D eigenvalue weighted by Crippen LogP contribution is 2.36. The highest BCUT2D eigenvalue weighted by molar-refractivity contribution is 6.30. The van der Waals surface area contributed by atoms with Gasteiger partial charge in [0.25, 0.3) is 5.91 Å². The van der Waals surface area contributed by atoms with Crippen LogP contribution in [-0.4, -0.2) is 44.3 Å². The number of primary amides is 1. The molecule has 1 aliphatic heterocycles. The summed E-state index contributed by atoms with van der Waals surface area (Å²) in [6.45, 7) is 7.49. The van der Waals surface area contributed by atoms with Crippen LogP contribution in [0.5, 0.6) is 11.5 Å². The molecule has 1 atom stereocenters. The molecule has 2 aliphatic rings. The standard InChI is InChI=1S/C27H36ClN3O3/c1-3-4-11-31-12-9-20-15-19(16-23(26(20)31)27(29)32)14-18(2)30-10-13-33-24-8-5-21(28)17-25(24)34-22-6-7-22/h5,8,15-18,22,30H,3-4,6-7,9-14H2,1-2H3,(H2,29,32)/t18-/m1/s1. The summed E-state index contributed by atoms with van der Waals surface area (Å²) in [5.41, 5.74) is 9.85. The van der Waals surface area contributed by atoms with Gasteiger partial charge in [0.15, 0.2) is 11.5 Å². The lowest BCUT2D eigenvalue weighted by atomic mass is 9.98. The quantitative estimate of drug-likeness (QED) is 0.401. The van der Waals surface area contributed by atoms with Gasteiger partial charge in [-0.2, -0.15) is 0 Å².